The maximum atomic E-state index is 10.8. The average molecular weight is 159 g/mol. The normalized spacial score (nSPS) is 11.3. The second-order valence-corrected chi connectivity index (χ2v) is 3.79. The number of hydrogen-bond donors (Lipinski definition) is 1. The molecular weight excluding hydrogens is 140 g/mol. The molecule has 0 saturated heterocycles. The molecule has 0 fully saturated rings. The Morgan fingerprint density at radius 3 is 2.27 bits per heavy atom. The molecule has 0 aliphatic heterocycles. The van der Waals surface area contributed by atoms with E-state index in [1.165, 1.54) is 0 Å². The van der Waals surface area contributed by atoms with E-state index in [-0.39, 0.29) is 5.91 Å². The van der Waals surface area contributed by atoms with Crippen LogP contribution in [0.15, 0.2) is 0 Å². The first kappa shape index (κ1) is 10.4. The van der Waals surface area contributed by atoms with Crippen molar-refractivity contribution in [1.82, 2.24) is 5.32 Å². The third-order valence-corrected chi connectivity index (χ3v) is 1.51. The van der Waals surface area contributed by atoms with E-state index in [1.54, 1.807) is 7.05 Å². The second-order valence-electron chi connectivity index (χ2n) is 3.79. The van der Waals surface area contributed by atoms with E-state index in [2.05, 4.69) is 26.5 Å². The molecule has 11 heavy (non-hydrogen) atoms. The van der Waals surface area contributed by atoms with E-state index in [4.69, 9.17) is 0 Å². The summed E-state index contributed by atoms with van der Waals surface area (Å²) in [5.74, 6) is 0.137. The molecule has 0 heterocycles. The molecule has 3 heteroatoms. The topological polar surface area (TPSA) is 29.1 Å². The number of rotatable bonds is 4. The van der Waals surface area contributed by atoms with Gasteiger partial charge in [-0.1, -0.05) is 0 Å². The Balaban J connectivity index is 3.35. The number of hydrogen-bond acceptors (Lipinski definition) is 1. The van der Waals surface area contributed by atoms with Gasteiger partial charge >= 0.3 is 0 Å². The molecule has 0 spiro atoms. The van der Waals surface area contributed by atoms with Crippen LogP contribution < -0.4 is 5.32 Å². The minimum Gasteiger partial charge on any atom is -0.359 e. The van der Waals surface area contributed by atoms with Crippen LogP contribution in [0.3, 0.4) is 0 Å². The zero-order valence-electron chi connectivity index (χ0n) is 7.98. The van der Waals surface area contributed by atoms with Gasteiger partial charge < -0.3 is 9.80 Å². The number of quaternary nitrogens is 1. The van der Waals surface area contributed by atoms with Gasteiger partial charge in [-0.15, -0.1) is 0 Å². The summed E-state index contributed by atoms with van der Waals surface area (Å²) in [6.07, 6.45) is 1.61. The second kappa shape index (κ2) is 4.34. The zero-order chi connectivity index (χ0) is 8.91. The van der Waals surface area contributed by atoms with Gasteiger partial charge in [0.05, 0.1) is 27.7 Å². The molecule has 1 N–H and O–H groups in total. The predicted octanol–water partition coefficient (Wildman–Crippen LogP) is 0.219. The van der Waals surface area contributed by atoms with Gasteiger partial charge in [0, 0.05) is 19.9 Å². The fourth-order valence-electron chi connectivity index (χ4n) is 0.839. The Kier molecular flexibility index (Phi) is 4.11. The molecular formula is C8H19N2O+. The summed E-state index contributed by atoms with van der Waals surface area (Å²) in [5, 5.41) is 2.61. The lowest BCUT2D eigenvalue weighted by molar-refractivity contribution is -0.870. The van der Waals surface area contributed by atoms with Crippen LogP contribution in [-0.4, -0.2) is 45.1 Å². The summed E-state index contributed by atoms with van der Waals surface area (Å²) in [7, 11) is 8.06. The molecule has 0 unspecified atom stereocenters. The van der Waals surface area contributed by atoms with Crippen molar-refractivity contribution in [2.75, 3.05) is 34.7 Å². The lowest BCUT2D eigenvalue weighted by atomic mass is 10.3. The van der Waals surface area contributed by atoms with Gasteiger partial charge in [-0.2, -0.15) is 0 Å². The SMILES string of the molecule is CNC(=O)CCC[N+](C)(C)C. The van der Waals surface area contributed by atoms with Crippen molar-refractivity contribution in [2.45, 2.75) is 12.8 Å². The molecule has 3 nitrogen and oxygen atoms in total. The highest BCUT2D eigenvalue weighted by Crippen LogP contribution is 1.96. The van der Waals surface area contributed by atoms with Crippen LogP contribution in [-0.2, 0) is 4.79 Å². The summed E-state index contributed by atoms with van der Waals surface area (Å²) < 4.78 is 0.928. The number of carbonyl (C=O) groups excluding carboxylic acids is 1. The molecule has 0 aromatic heterocycles. The molecule has 0 aromatic rings. The van der Waals surface area contributed by atoms with E-state index in [0.717, 1.165) is 17.4 Å². The van der Waals surface area contributed by atoms with Crippen molar-refractivity contribution in [3.8, 4) is 0 Å². The fourth-order valence-corrected chi connectivity index (χ4v) is 0.839. The summed E-state index contributed by atoms with van der Waals surface area (Å²) >= 11 is 0. The molecule has 0 aliphatic rings. The lowest BCUT2D eigenvalue weighted by Crippen LogP contribution is -2.35. The van der Waals surface area contributed by atoms with Crippen LogP contribution in [0.25, 0.3) is 0 Å². The first-order chi connectivity index (χ1) is 4.95. The smallest absolute Gasteiger partial charge is 0.219 e. The average Bonchev–Trinajstić information content (AvgIpc) is 1.85. The van der Waals surface area contributed by atoms with Gasteiger partial charge in [-0.25, -0.2) is 0 Å². The first-order valence-electron chi connectivity index (χ1n) is 3.97. The minimum atomic E-state index is 0.137. The highest BCUT2D eigenvalue weighted by Gasteiger charge is 2.07. The largest absolute Gasteiger partial charge is 0.359 e. The summed E-state index contributed by atoms with van der Waals surface area (Å²) in [6.45, 7) is 1.05. The quantitative estimate of drug-likeness (QED) is 0.584. The molecule has 0 bridgehead atoms. The first-order valence-corrected chi connectivity index (χ1v) is 3.97. The number of nitrogens with zero attached hydrogens (tertiary/aromatic N) is 1. The van der Waals surface area contributed by atoms with Crippen LogP contribution in [0.2, 0.25) is 0 Å². The maximum absolute atomic E-state index is 10.8. The minimum absolute atomic E-state index is 0.137. The number of amides is 1. The Morgan fingerprint density at radius 1 is 1.36 bits per heavy atom. The summed E-state index contributed by atoms with van der Waals surface area (Å²) in [6, 6.07) is 0. The van der Waals surface area contributed by atoms with E-state index < -0.39 is 0 Å². The molecule has 0 atom stereocenters. The van der Waals surface area contributed by atoms with Crippen molar-refractivity contribution < 1.29 is 9.28 Å². The van der Waals surface area contributed by atoms with Gasteiger partial charge in [-0.3, -0.25) is 4.79 Å². The standard InChI is InChI=1S/C8H18N2O/c1-9-8(11)6-5-7-10(2,3)4/h5-7H2,1-4H3/p+1. The summed E-state index contributed by atoms with van der Waals surface area (Å²) in [4.78, 5) is 10.8. The van der Waals surface area contributed by atoms with Crippen LogP contribution >= 0.6 is 0 Å². The van der Waals surface area contributed by atoms with Crippen molar-refractivity contribution in [3.05, 3.63) is 0 Å². The zero-order valence-corrected chi connectivity index (χ0v) is 7.98. The molecule has 0 aromatic carbocycles. The van der Waals surface area contributed by atoms with E-state index >= 15 is 0 Å². The van der Waals surface area contributed by atoms with Crippen LogP contribution in [0.5, 0.6) is 0 Å². The third-order valence-electron chi connectivity index (χ3n) is 1.51. The third kappa shape index (κ3) is 7.33. The fraction of sp³-hybridized carbons (Fsp3) is 0.875. The van der Waals surface area contributed by atoms with Gasteiger partial charge in [0.15, 0.2) is 0 Å². The van der Waals surface area contributed by atoms with Crippen LogP contribution in [0.4, 0.5) is 0 Å². The van der Waals surface area contributed by atoms with Crippen LogP contribution in [0, 0.1) is 0 Å². The highest BCUT2D eigenvalue weighted by atomic mass is 16.1. The van der Waals surface area contributed by atoms with Gasteiger partial charge in [0.1, 0.15) is 0 Å². The highest BCUT2D eigenvalue weighted by molar-refractivity contribution is 5.75. The van der Waals surface area contributed by atoms with E-state index in [9.17, 15) is 4.79 Å². The monoisotopic (exact) mass is 159 g/mol. The van der Waals surface area contributed by atoms with Gasteiger partial charge in [0.2, 0.25) is 5.91 Å². The maximum Gasteiger partial charge on any atom is 0.219 e. The van der Waals surface area contributed by atoms with E-state index in [1.807, 2.05) is 0 Å². The Hall–Kier alpha value is -0.570. The Labute approximate surface area is 69.0 Å². The molecule has 0 saturated carbocycles. The van der Waals surface area contributed by atoms with Crippen molar-refractivity contribution in [1.29, 1.82) is 0 Å². The van der Waals surface area contributed by atoms with Crippen molar-refractivity contribution in [3.63, 3.8) is 0 Å². The van der Waals surface area contributed by atoms with Gasteiger partial charge in [-0.05, 0) is 0 Å². The summed E-state index contributed by atoms with van der Waals surface area (Å²) in [5.41, 5.74) is 0. The van der Waals surface area contributed by atoms with Crippen molar-refractivity contribution >= 4 is 5.91 Å². The molecule has 0 radical (unpaired) electrons. The Morgan fingerprint density at radius 2 is 1.91 bits per heavy atom. The van der Waals surface area contributed by atoms with Crippen molar-refractivity contribution in [2.24, 2.45) is 0 Å². The number of nitrogens with one attached hydrogen (secondary N) is 1. The number of carbonyl (C=O) groups is 1. The predicted molar refractivity (Wildman–Crippen MR) is 46.2 cm³/mol. The molecule has 1 amide bonds. The Bertz CT molecular complexity index is 127. The van der Waals surface area contributed by atoms with Crippen LogP contribution in [0.1, 0.15) is 12.8 Å². The molecule has 66 valence electrons. The lowest BCUT2D eigenvalue weighted by Gasteiger charge is -2.23. The molecule has 0 rings (SSSR count). The van der Waals surface area contributed by atoms with E-state index in [0.29, 0.717) is 6.42 Å². The van der Waals surface area contributed by atoms with Gasteiger partial charge in [0.25, 0.3) is 0 Å². The molecule has 0 aliphatic carbocycles.